The van der Waals surface area contributed by atoms with Crippen LogP contribution in [-0.4, -0.2) is 75.9 Å². The standard InChI is InChI=1S/C28H50O10Si/c1-8-9-10-11-12-13-14-15-17-39(6,7)18-16-33-28-27(37-23(5)32)26(36-22(4)31)25(35-21(3)30)24(38-28)19-34-20(2)29/h24-28H,8-19H2,1-7H3. The van der Waals surface area contributed by atoms with Crippen LogP contribution in [0.25, 0.3) is 0 Å². The van der Waals surface area contributed by atoms with Crippen molar-refractivity contribution in [1.82, 2.24) is 0 Å². The summed E-state index contributed by atoms with van der Waals surface area (Å²) in [7, 11) is -1.56. The van der Waals surface area contributed by atoms with Crippen molar-refractivity contribution < 1.29 is 47.6 Å². The molecule has 39 heavy (non-hydrogen) atoms. The summed E-state index contributed by atoms with van der Waals surface area (Å²) in [6.07, 6.45) is 4.56. The lowest BCUT2D eigenvalue weighted by molar-refractivity contribution is -0.307. The first kappa shape index (κ1) is 35.0. The topological polar surface area (TPSA) is 124 Å². The molecule has 0 spiro atoms. The van der Waals surface area contributed by atoms with Crippen molar-refractivity contribution in [2.45, 2.75) is 142 Å². The first-order valence-electron chi connectivity index (χ1n) is 14.3. The SMILES string of the molecule is CCCCCCCCCC[Si](C)(C)CCOC1OC(COC(C)=O)C(OC(C)=O)C(OC(C)=O)C1OC(C)=O. The van der Waals surface area contributed by atoms with Gasteiger partial charge in [-0.1, -0.05) is 77.4 Å². The van der Waals surface area contributed by atoms with Gasteiger partial charge in [-0.3, -0.25) is 19.2 Å². The Morgan fingerprint density at radius 2 is 1.18 bits per heavy atom. The molecule has 0 amide bonds. The van der Waals surface area contributed by atoms with Gasteiger partial charge in [-0.15, -0.1) is 0 Å². The monoisotopic (exact) mass is 574 g/mol. The van der Waals surface area contributed by atoms with E-state index in [-0.39, 0.29) is 6.61 Å². The van der Waals surface area contributed by atoms with Gasteiger partial charge in [0.1, 0.15) is 12.7 Å². The van der Waals surface area contributed by atoms with E-state index < -0.39 is 62.7 Å². The molecule has 1 rings (SSSR count). The van der Waals surface area contributed by atoms with Gasteiger partial charge in [0.2, 0.25) is 0 Å². The average Bonchev–Trinajstić information content (AvgIpc) is 2.82. The zero-order valence-electron chi connectivity index (χ0n) is 25.0. The van der Waals surface area contributed by atoms with Crippen LogP contribution < -0.4 is 0 Å². The molecule has 1 aliphatic heterocycles. The summed E-state index contributed by atoms with van der Waals surface area (Å²) in [5, 5.41) is 0. The van der Waals surface area contributed by atoms with Crippen LogP contribution in [0.5, 0.6) is 0 Å². The summed E-state index contributed by atoms with van der Waals surface area (Å²) in [5.41, 5.74) is 0. The highest BCUT2D eigenvalue weighted by Gasteiger charge is 2.52. The van der Waals surface area contributed by atoms with Crippen LogP contribution in [0.4, 0.5) is 0 Å². The Balaban J connectivity index is 2.86. The highest BCUT2D eigenvalue weighted by Crippen LogP contribution is 2.30. The Kier molecular flexibility index (Phi) is 16.5. The molecule has 10 nitrogen and oxygen atoms in total. The van der Waals surface area contributed by atoms with Crippen molar-refractivity contribution >= 4 is 32.0 Å². The highest BCUT2D eigenvalue weighted by atomic mass is 28.3. The van der Waals surface area contributed by atoms with E-state index in [4.69, 9.17) is 28.4 Å². The average molecular weight is 575 g/mol. The normalized spacial score (nSPS) is 23.1. The smallest absolute Gasteiger partial charge is 0.303 e. The fraction of sp³-hybridized carbons (Fsp3) is 0.857. The summed E-state index contributed by atoms with van der Waals surface area (Å²) < 4.78 is 33.5. The largest absolute Gasteiger partial charge is 0.463 e. The summed E-state index contributed by atoms with van der Waals surface area (Å²) in [4.78, 5) is 47.2. The van der Waals surface area contributed by atoms with Crippen LogP contribution in [-0.2, 0) is 47.6 Å². The van der Waals surface area contributed by atoms with E-state index in [1.807, 2.05) is 0 Å². The molecule has 0 radical (unpaired) electrons. The van der Waals surface area contributed by atoms with Crippen molar-refractivity contribution in [3.63, 3.8) is 0 Å². The number of hydrogen-bond acceptors (Lipinski definition) is 10. The Bertz CT molecular complexity index is 771. The van der Waals surface area contributed by atoms with Crippen molar-refractivity contribution in [3.05, 3.63) is 0 Å². The number of ether oxygens (including phenoxy) is 6. The molecular formula is C28H50O10Si. The highest BCUT2D eigenvalue weighted by molar-refractivity contribution is 6.77. The summed E-state index contributed by atoms with van der Waals surface area (Å²) in [5.74, 6) is -2.53. The Morgan fingerprint density at radius 1 is 0.667 bits per heavy atom. The predicted molar refractivity (Wildman–Crippen MR) is 148 cm³/mol. The molecule has 0 aromatic heterocycles. The molecule has 1 saturated heterocycles. The maximum Gasteiger partial charge on any atom is 0.303 e. The zero-order chi connectivity index (χ0) is 29.4. The first-order valence-corrected chi connectivity index (χ1v) is 17.7. The van der Waals surface area contributed by atoms with Crippen LogP contribution in [0, 0.1) is 0 Å². The van der Waals surface area contributed by atoms with Crippen molar-refractivity contribution in [2.75, 3.05) is 13.2 Å². The van der Waals surface area contributed by atoms with E-state index in [2.05, 4.69) is 20.0 Å². The third-order valence-electron chi connectivity index (χ3n) is 6.72. The van der Waals surface area contributed by atoms with Crippen LogP contribution in [0.3, 0.4) is 0 Å². The maximum atomic E-state index is 11.9. The molecule has 0 bridgehead atoms. The fourth-order valence-electron chi connectivity index (χ4n) is 4.64. The minimum absolute atomic E-state index is 0.267. The predicted octanol–water partition coefficient (Wildman–Crippen LogP) is 4.94. The molecule has 1 fully saturated rings. The molecule has 5 unspecified atom stereocenters. The van der Waals surface area contributed by atoms with Gasteiger partial charge in [-0.2, -0.15) is 0 Å². The van der Waals surface area contributed by atoms with E-state index in [0.717, 1.165) is 6.04 Å². The van der Waals surface area contributed by atoms with Crippen LogP contribution in [0.2, 0.25) is 25.2 Å². The van der Waals surface area contributed by atoms with Gasteiger partial charge in [0.25, 0.3) is 0 Å². The third-order valence-corrected chi connectivity index (χ3v) is 9.98. The van der Waals surface area contributed by atoms with Crippen molar-refractivity contribution in [3.8, 4) is 0 Å². The quantitative estimate of drug-likeness (QED) is 0.0962. The number of carbonyl (C=O) groups excluding carboxylic acids is 4. The van der Waals surface area contributed by atoms with E-state index in [0.29, 0.717) is 6.61 Å². The molecule has 0 aromatic rings. The molecule has 0 aliphatic carbocycles. The van der Waals surface area contributed by atoms with E-state index in [9.17, 15) is 19.2 Å². The second-order valence-corrected chi connectivity index (χ2v) is 16.4. The third kappa shape index (κ3) is 14.8. The Hall–Kier alpha value is -1.98. The second-order valence-electron chi connectivity index (χ2n) is 11.1. The minimum Gasteiger partial charge on any atom is -0.463 e. The molecule has 1 heterocycles. The van der Waals surface area contributed by atoms with Gasteiger partial charge in [-0.25, -0.2) is 0 Å². The number of unbranched alkanes of at least 4 members (excludes halogenated alkanes) is 7. The van der Waals surface area contributed by atoms with Crippen molar-refractivity contribution in [1.29, 1.82) is 0 Å². The molecule has 0 saturated carbocycles. The molecule has 5 atom stereocenters. The minimum atomic E-state index is -1.56. The van der Waals surface area contributed by atoms with Crippen LogP contribution >= 0.6 is 0 Å². The summed E-state index contributed by atoms with van der Waals surface area (Å²) >= 11 is 0. The lowest BCUT2D eigenvalue weighted by Crippen LogP contribution is -2.63. The summed E-state index contributed by atoms with van der Waals surface area (Å²) in [6, 6.07) is 2.04. The first-order chi connectivity index (χ1) is 18.4. The number of rotatable bonds is 18. The van der Waals surface area contributed by atoms with Gasteiger partial charge in [0.05, 0.1) is 0 Å². The Labute approximate surface area is 234 Å². The van der Waals surface area contributed by atoms with E-state index >= 15 is 0 Å². The number of carbonyl (C=O) groups is 4. The molecular weight excluding hydrogens is 524 g/mol. The van der Waals surface area contributed by atoms with E-state index in [1.54, 1.807) is 0 Å². The lowest BCUT2D eigenvalue weighted by atomic mass is 9.98. The molecule has 0 N–H and O–H groups in total. The second kappa shape index (κ2) is 18.4. The van der Waals surface area contributed by atoms with Crippen LogP contribution in [0.1, 0.15) is 86.0 Å². The van der Waals surface area contributed by atoms with Gasteiger partial charge in [-0.05, 0) is 6.04 Å². The Morgan fingerprint density at radius 3 is 1.72 bits per heavy atom. The summed E-state index contributed by atoms with van der Waals surface area (Å²) in [6.45, 7) is 11.8. The van der Waals surface area contributed by atoms with Gasteiger partial charge in [0, 0.05) is 42.4 Å². The zero-order valence-corrected chi connectivity index (χ0v) is 26.0. The van der Waals surface area contributed by atoms with Crippen LogP contribution in [0.15, 0.2) is 0 Å². The van der Waals surface area contributed by atoms with E-state index in [1.165, 1.54) is 85.1 Å². The number of hydrogen-bond donors (Lipinski definition) is 0. The molecule has 1 aliphatic rings. The fourth-order valence-corrected chi connectivity index (χ4v) is 6.76. The van der Waals surface area contributed by atoms with Gasteiger partial charge < -0.3 is 28.4 Å². The van der Waals surface area contributed by atoms with Crippen molar-refractivity contribution in [2.24, 2.45) is 0 Å². The molecule has 226 valence electrons. The maximum absolute atomic E-state index is 11.9. The van der Waals surface area contributed by atoms with Gasteiger partial charge >= 0.3 is 23.9 Å². The van der Waals surface area contributed by atoms with Gasteiger partial charge in [0.15, 0.2) is 24.6 Å². The molecule has 0 aromatic carbocycles. The molecule has 11 heteroatoms. The number of esters is 4. The lowest BCUT2D eigenvalue weighted by Gasteiger charge is -2.44.